The van der Waals surface area contributed by atoms with Crippen LogP contribution in [0.2, 0.25) is 0 Å². The van der Waals surface area contributed by atoms with Crippen LogP contribution in [0.5, 0.6) is 5.75 Å². The van der Waals surface area contributed by atoms with Gasteiger partial charge in [0.15, 0.2) is 11.4 Å². The summed E-state index contributed by atoms with van der Waals surface area (Å²) in [5.74, 6) is 1.58. The number of rotatable bonds is 6. The molecule has 2 aromatic heterocycles. The number of ketones is 1. The molecule has 0 amide bonds. The summed E-state index contributed by atoms with van der Waals surface area (Å²) >= 11 is 0. The Labute approximate surface area is 168 Å². The molecular weight excluding hydrogens is 362 g/mol. The van der Waals surface area contributed by atoms with E-state index in [0.717, 1.165) is 39.1 Å². The minimum Gasteiger partial charge on any atom is -0.496 e. The van der Waals surface area contributed by atoms with Crippen LogP contribution in [0.4, 0.5) is 0 Å². The molecule has 0 bridgehead atoms. The first kappa shape index (κ1) is 17.6. The fourth-order valence-electron chi connectivity index (χ4n) is 3.69. The second-order valence-corrected chi connectivity index (χ2v) is 7.55. The summed E-state index contributed by atoms with van der Waals surface area (Å²) in [6, 6.07) is 17.7. The summed E-state index contributed by atoms with van der Waals surface area (Å²) < 4.78 is 5.51. The van der Waals surface area contributed by atoms with Crippen molar-refractivity contribution in [3.63, 3.8) is 0 Å². The number of para-hydroxylation sites is 1. The number of carbonyl (C=O) groups is 1. The number of benzene rings is 2. The molecule has 1 aliphatic rings. The number of methoxy groups -OCH3 is 1. The number of fused-ring (bicyclic) bond motifs is 1. The highest BCUT2D eigenvalue weighted by molar-refractivity contribution is 5.98. The highest BCUT2D eigenvalue weighted by Crippen LogP contribution is 2.35. The van der Waals surface area contributed by atoms with Gasteiger partial charge in [0, 0.05) is 34.7 Å². The second kappa shape index (κ2) is 7.17. The van der Waals surface area contributed by atoms with E-state index in [1.54, 1.807) is 13.3 Å². The molecule has 5 rings (SSSR count). The lowest BCUT2D eigenvalue weighted by atomic mass is 9.99. The molecule has 2 heterocycles. The van der Waals surface area contributed by atoms with Crippen molar-refractivity contribution in [1.82, 2.24) is 15.2 Å². The van der Waals surface area contributed by atoms with Gasteiger partial charge in [-0.1, -0.05) is 30.3 Å². The molecule has 0 atom stereocenters. The van der Waals surface area contributed by atoms with E-state index in [1.165, 1.54) is 12.8 Å². The Morgan fingerprint density at radius 1 is 1.10 bits per heavy atom. The summed E-state index contributed by atoms with van der Waals surface area (Å²) in [6.45, 7) is 0. The first-order chi connectivity index (χ1) is 14.2. The average molecular weight is 383 g/mol. The van der Waals surface area contributed by atoms with E-state index >= 15 is 0 Å². The van der Waals surface area contributed by atoms with Gasteiger partial charge >= 0.3 is 0 Å². The number of carbonyl (C=O) groups excluding carboxylic acids is 1. The predicted octanol–water partition coefficient (Wildman–Crippen LogP) is 5.28. The van der Waals surface area contributed by atoms with Crippen molar-refractivity contribution in [3.05, 3.63) is 66.4 Å². The number of H-pyrrole nitrogens is 1. The van der Waals surface area contributed by atoms with Crippen LogP contribution in [0.3, 0.4) is 0 Å². The van der Waals surface area contributed by atoms with E-state index in [-0.39, 0.29) is 5.78 Å². The SMILES string of the molecule is COc1ccccc1-c1[nH]nc2ncc(-c3cccc(C(=O)CC4CC4)c3)cc12. The van der Waals surface area contributed by atoms with Gasteiger partial charge in [0.2, 0.25) is 0 Å². The quantitative estimate of drug-likeness (QED) is 0.460. The Hall–Kier alpha value is -3.47. The van der Waals surface area contributed by atoms with Crippen molar-refractivity contribution < 1.29 is 9.53 Å². The molecule has 0 aliphatic heterocycles. The molecule has 2 aromatic carbocycles. The van der Waals surface area contributed by atoms with Crippen LogP contribution < -0.4 is 4.74 Å². The van der Waals surface area contributed by atoms with Crippen molar-refractivity contribution in [2.24, 2.45) is 5.92 Å². The van der Waals surface area contributed by atoms with Gasteiger partial charge in [-0.25, -0.2) is 4.98 Å². The topological polar surface area (TPSA) is 67.9 Å². The number of Topliss-reactive ketones (excluding diaryl/α,β-unsaturated/α-hetero) is 1. The molecule has 5 heteroatoms. The highest BCUT2D eigenvalue weighted by Gasteiger charge is 2.25. The molecule has 144 valence electrons. The first-order valence-electron chi connectivity index (χ1n) is 9.84. The smallest absolute Gasteiger partial charge is 0.181 e. The second-order valence-electron chi connectivity index (χ2n) is 7.55. The van der Waals surface area contributed by atoms with Crippen molar-refractivity contribution in [2.45, 2.75) is 19.3 Å². The number of ether oxygens (including phenoxy) is 1. The van der Waals surface area contributed by atoms with Gasteiger partial charge in [0.05, 0.1) is 12.8 Å². The lowest BCUT2D eigenvalue weighted by Gasteiger charge is -2.08. The van der Waals surface area contributed by atoms with Gasteiger partial charge in [-0.3, -0.25) is 9.89 Å². The van der Waals surface area contributed by atoms with Crippen molar-refractivity contribution in [1.29, 1.82) is 0 Å². The highest BCUT2D eigenvalue weighted by atomic mass is 16.5. The van der Waals surface area contributed by atoms with E-state index in [1.807, 2.05) is 48.5 Å². The number of nitrogens with zero attached hydrogens (tertiary/aromatic N) is 2. The molecule has 0 saturated heterocycles. The van der Waals surface area contributed by atoms with Crippen LogP contribution in [-0.4, -0.2) is 28.1 Å². The Morgan fingerprint density at radius 3 is 2.79 bits per heavy atom. The van der Waals surface area contributed by atoms with Crippen LogP contribution >= 0.6 is 0 Å². The zero-order valence-electron chi connectivity index (χ0n) is 16.2. The average Bonchev–Trinajstić information content (AvgIpc) is 3.49. The maximum absolute atomic E-state index is 12.5. The molecular formula is C24H21N3O2. The third-order valence-electron chi connectivity index (χ3n) is 5.47. The normalized spacial score (nSPS) is 13.6. The van der Waals surface area contributed by atoms with Crippen LogP contribution in [0, 0.1) is 5.92 Å². The van der Waals surface area contributed by atoms with Crippen LogP contribution in [0.15, 0.2) is 60.8 Å². The monoisotopic (exact) mass is 383 g/mol. The number of nitrogens with one attached hydrogen (secondary N) is 1. The third-order valence-corrected chi connectivity index (χ3v) is 5.47. The molecule has 0 unspecified atom stereocenters. The number of aromatic amines is 1. The number of pyridine rings is 1. The van der Waals surface area contributed by atoms with Crippen molar-refractivity contribution in [2.75, 3.05) is 7.11 Å². The molecule has 1 saturated carbocycles. The van der Waals surface area contributed by atoms with Gasteiger partial charge in [0.25, 0.3) is 0 Å². The van der Waals surface area contributed by atoms with Crippen molar-refractivity contribution >= 4 is 16.8 Å². The number of hydrogen-bond donors (Lipinski definition) is 1. The van der Waals surface area contributed by atoms with E-state index in [4.69, 9.17) is 4.74 Å². The number of aromatic nitrogens is 3. The van der Waals surface area contributed by atoms with Crippen LogP contribution in [0.1, 0.15) is 29.6 Å². The summed E-state index contributed by atoms with van der Waals surface area (Å²) in [5.41, 5.74) is 5.16. The van der Waals surface area contributed by atoms with E-state index in [9.17, 15) is 4.79 Å². The van der Waals surface area contributed by atoms with Gasteiger partial charge in [-0.15, -0.1) is 0 Å². The molecule has 5 nitrogen and oxygen atoms in total. The zero-order valence-corrected chi connectivity index (χ0v) is 16.2. The van der Waals surface area contributed by atoms with Gasteiger partial charge in [0.1, 0.15) is 5.75 Å². The number of hydrogen-bond acceptors (Lipinski definition) is 4. The van der Waals surface area contributed by atoms with Crippen LogP contribution in [-0.2, 0) is 0 Å². The molecule has 1 aliphatic carbocycles. The lowest BCUT2D eigenvalue weighted by molar-refractivity contribution is 0.0976. The molecule has 1 fully saturated rings. The first-order valence-corrected chi connectivity index (χ1v) is 9.84. The molecule has 29 heavy (non-hydrogen) atoms. The van der Waals surface area contributed by atoms with E-state index in [0.29, 0.717) is 18.0 Å². The van der Waals surface area contributed by atoms with Gasteiger partial charge in [-0.2, -0.15) is 5.10 Å². The minimum atomic E-state index is 0.224. The summed E-state index contributed by atoms with van der Waals surface area (Å²) in [6.07, 6.45) is 4.82. The maximum Gasteiger partial charge on any atom is 0.181 e. The minimum absolute atomic E-state index is 0.224. The summed E-state index contributed by atoms with van der Waals surface area (Å²) in [7, 11) is 1.66. The molecule has 1 N–H and O–H groups in total. The summed E-state index contributed by atoms with van der Waals surface area (Å²) in [4.78, 5) is 17.0. The lowest BCUT2D eigenvalue weighted by Crippen LogP contribution is -2.00. The third kappa shape index (κ3) is 3.40. The fraction of sp³-hybridized carbons (Fsp3) is 0.208. The van der Waals surface area contributed by atoms with Gasteiger partial charge < -0.3 is 4.74 Å². The Bertz CT molecular complexity index is 1210. The largest absolute Gasteiger partial charge is 0.496 e. The Balaban J connectivity index is 1.56. The standard InChI is InChI=1S/C24H21N3O2/c1-29-22-8-3-2-7-19(22)23-20-13-18(14-25-24(20)27-26-23)16-5-4-6-17(12-16)21(28)11-15-9-10-15/h2-8,12-15H,9-11H2,1H3,(H,25,26,27). The maximum atomic E-state index is 12.5. The zero-order chi connectivity index (χ0) is 19.8. The summed E-state index contributed by atoms with van der Waals surface area (Å²) in [5, 5.41) is 8.36. The molecule has 4 aromatic rings. The fourth-order valence-corrected chi connectivity index (χ4v) is 3.69. The predicted molar refractivity (Wildman–Crippen MR) is 113 cm³/mol. The van der Waals surface area contributed by atoms with Crippen LogP contribution in [0.25, 0.3) is 33.4 Å². The van der Waals surface area contributed by atoms with Gasteiger partial charge in [-0.05, 0) is 48.6 Å². The van der Waals surface area contributed by atoms with E-state index in [2.05, 4.69) is 21.2 Å². The van der Waals surface area contributed by atoms with Crippen molar-refractivity contribution in [3.8, 4) is 28.1 Å². The Morgan fingerprint density at radius 2 is 1.97 bits per heavy atom. The Kier molecular flexibility index (Phi) is 4.35. The van der Waals surface area contributed by atoms with E-state index < -0.39 is 0 Å². The molecule has 0 spiro atoms. The molecule has 0 radical (unpaired) electrons.